The fourth-order valence-corrected chi connectivity index (χ4v) is 2.90. The third-order valence-electron chi connectivity index (χ3n) is 2.91. The number of fused-ring (bicyclic) bond motifs is 1. The molecule has 3 aromatic rings. The van der Waals surface area contributed by atoms with Crippen molar-refractivity contribution in [2.45, 2.75) is 6.92 Å². The monoisotopic (exact) mass is 320 g/mol. The molecule has 0 saturated heterocycles. The minimum atomic E-state index is 0.713. The maximum atomic E-state index is 6.06. The molecule has 0 N–H and O–H groups in total. The summed E-state index contributed by atoms with van der Waals surface area (Å²) in [5.41, 5.74) is 4.23. The number of aryl methyl sites for hydroxylation is 1. The highest BCUT2D eigenvalue weighted by molar-refractivity contribution is 9.10. The minimum absolute atomic E-state index is 0.713. The molecule has 90 valence electrons. The van der Waals surface area contributed by atoms with Gasteiger partial charge in [-0.2, -0.15) is 0 Å². The molecule has 3 heteroatoms. The van der Waals surface area contributed by atoms with Crippen molar-refractivity contribution in [1.29, 1.82) is 0 Å². The van der Waals surface area contributed by atoms with Crippen molar-refractivity contribution >= 4 is 38.5 Å². The summed E-state index contributed by atoms with van der Waals surface area (Å²) in [5.74, 6) is 0. The molecule has 3 rings (SSSR count). The van der Waals surface area contributed by atoms with Gasteiger partial charge in [-0.15, -0.1) is 0 Å². The molecule has 0 radical (unpaired) electrons. The van der Waals surface area contributed by atoms with Crippen LogP contribution in [-0.4, -0.2) is 0 Å². The lowest BCUT2D eigenvalue weighted by atomic mass is 10.0. The lowest BCUT2D eigenvalue weighted by Gasteiger charge is -2.01. The molecule has 0 unspecified atom stereocenters. The van der Waals surface area contributed by atoms with Crippen LogP contribution >= 0.6 is 27.5 Å². The standard InChI is InChI=1S/C15H10BrClO/c1-9-3-2-4-10(7-9)14-12-8-11(17)5-6-13(12)18-15(14)16/h2-8H,1H3. The van der Waals surface area contributed by atoms with E-state index in [1.54, 1.807) is 0 Å². The van der Waals surface area contributed by atoms with Gasteiger partial charge in [0.05, 0.1) is 0 Å². The first kappa shape index (κ1) is 11.8. The molecule has 1 aromatic heterocycles. The van der Waals surface area contributed by atoms with Crippen LogP contribution in [0.2, 0.25) is 5.02 Å². The Kier molecular flexibility index (Phi) is 2.92. The first-order valence-corrected chi connectivity index (χ1v) is 6.77. The zero-order valence-electron chi connectivity index (χ0n) is 9.71. The van der Waals surface area contributed by atoms with Crippen molar-refractivity contribution in [2.75, 3.05) is 0 Å². The fraction of sp³-hybridized carbons (Fsp3) is 0.0667. The summed E-state index contributed by atoms with van der Waals surface area (Å²) in [7, 11) is 0. The SMILES string of the molecule is Cc1cccc(-c2c(Br)oc3ccc(Cl)cc23)c1. The number of benzene rings is 2. The minimum Gasteiger partial charge on any atom is -0.449 e. The van der Waals surface area contributed by atoms with Gasteiger partial charge in [-0.3, -0.25) is 0 Å². The summed E-state index contributed by atoms with van der Waals surface area (Å²) in [6, 6.07) is 14.0. The van der Waals surface area contributed by atoms with E-state index >= 15 is 0 Å². The highest BCUT2D eigenvalue weighted by Crippen LogP contribution is 2.39. The van der Waals surface area contributed by atoms with E-state index in [9.17, 15) is 0 Å². The predicted octanol–water partition coefficient (Wildman–Crippen LogP) is 5.82. The largest absolute Gasteiger partial charge is 0.449 e. The lowest BCUT2D eigenvalue weighted by molar-refractivity contribution is 0.589. The Labute approximate surface area is 119 Å². The summed E-state index contributed by atoms with van der Waals surface area (Å²) in [6.07, 6.45) is 0. The topological polar surface area (TPSA) is 13.1 Å². The van der Waals surface area contributed by atoms with Gasteiger partial charge in [0.1, 0.15) is 5.58 Å². The van der Waals surface area contributed by atoms with Gasteiger partial charge in [-0.05, 0) is 46.6 Å². The van der Waals surface area contributed by atoms with E-state index in [2.05, 4.69) is 41.1 Å². The van der Waals surface area contributed by atoms with Crippen LogP contribution in [0, 0.1) is 6.92 Å². The van der Waals surface area contributed by atoms with Gasteiger partial charge in [0.15, 0.2) is 4.67 Å². The van der Waals surface area contributed by atoms with Crippen LogP contribution in [0.15, 0.2) is 51.6 Å². The molecule has 0 fully saturated rings. The first-order valence-electron chi connectivity index (χ1n) is 5.60. The molecule has 0 bridgehead atoms. The van der Waals surface area contributed by atoms with Crippen molar-refractivity contribution in [3.8, 4) is 11.1 Å². The Balaban J connectivity index is 2.34. The number of hydrogen-bond donors (Lipinski definition) is 0. The Morgan fingerprint density at radius 1 is 1.11 bits per heavy atom. The van der Waals surface area contributed by atoms with Crippen molar-refractivity contribution in [3.63, 3.8) is 0 Å². The molecule has 0 aliphatic carbocycles. The van der Waals surface area contributed by atoms with E-state index in [0.29, 0.717) is 5.02 Å². The average molecular weight is 322 g/mol. The van der Waals surface area contributed by atoms with Crippen LogP contribution in [0.5, 0.6) is 0 Å². The normalized spacial score (nSPS) is 11.1. The molecular formula is C15H10BrClO. The van der Waals surface area contributed by atoms with Gasteiger partial charge in [0.2, 0.25) is 0 Å². The van der Waals surface area contributed by atoms with Crippen LogP contribution < -0.4 is 0 Å². The number of hydrogen-bond acceptors (Lipinski definition) is 1. The third kappa shape index (κ3) is 1.96. The van der Waals surface area contributed by atoms with E-state index in [-0.39, 0.29) is 0 Å². The average Bonchev–Trinajstić information content (AvgIpc) is 2.64. The molecule has 0 atom stereocenters. The van der Waals surface area contributed by atoms with Crippen molar-refractivity contribution in [3.05, 3.63) is 57.7 Å². The fourth-order valence-electron chi connectivity index (χ4n) is 2.11. The smallest absolute Gasteiger partial charge is 0.178 e. The molecule has 1 nitrogen and oxygen atoms in total. The molecule has 18 heavy (non-hydrogen) atoms. The molecule has 0 aliphatic rings. The summed E-state index contributed by atoms with van der Waals surface area (Å²) < 4.78 is 6.45. The predicted molar refractivity (Wildman–Crippen MR) is 79.1 cm³/mol. The molecule has 2 aromatic carbocycles. The second-order valence-electron chi connectivity index (χ2n) is 4.26. The van der Waals surface area contributed by atoms with Crippen molar-refractivity contribution < 1.29 is 4.42 Å². The molecule has 0 saturated carbocycles. The van der Waals surface area contributed by atoms with Crippen LogP contribution in [0.25, 0.3) is 22.1 Å². The summed E-state index contributed by atoms with van der Waals surface area (Å²) >= 11 is 9.55. The Bertz CT molecular complexity index is 730. The maximum absolute atomic E-state index is 6.06. The summed E-state index contributed by atoms with van der Waals surface area (Å²) in [6.45, 7) is 2.08. The molecule has 0 amide bonds. The Hall–Kier alpha value is -1.25. The van der Waals surface area contributed by atoms with Crippen LogP contribution in [0.3, 0.4) is 0 Å². The summed E-state index contributed by atoms with van der Waals surface area (Å²) in [4.78, 5) is 0. The number of rotatable bonds is 1. The van der Waals surface area contributed by atoms with Gasteiger partial charge < -0.3 is 4.42 Å². The molecule has 1 heterocycles. The van der Waals surface area contributed by atoms with Gasteiger partial charge in [-0.1, -0.05) is 41.4 Å². The van der Waals surface area contributed by atoms with E-state index in [1.807, 2.05) is 24.3 Å². The third-order valence-corrected chi connectivity index (χ3v) is 3.71. The Morgan fingerprint density at radius 2 is 1.94 bits per heavy atom. The van der Waals surface area contributed by atoms with Gasteiger partial charge in [0.25, 0.3) is 0 Å². The van der Waals surface area contributed by atoms with E-state index in [0.717, 1.165) is 26.8 Å². The highest BCUT2D eigenvalue weighted by atomic mass is 79.9. The quantitative estimate of drug-likeness (QED) is 0.550. The second kappa shape index (κ2) is 4.45. The molecular weight excluding hydrogens is 312 g/mol. The van der Waals surface area contributed by atoms with Gasteiger partial charge in [-0.25, -0.2) is 0 Å². The lowest BCUT2D eigenvalue weighted by Crippen LogP contribution is -1.78. The van der Waals surface area contributed by atoms with E-state index < -0.39 is 0 Å². The van der Waals surface area contributed by atoms with E-state index in [4.69, 9.17) is 16.0 Å². The van der Waals surface area contributed by atoms with Crippen molar-refractivity contribution in [2.24, 2.45) is 0 Å². The molecule has 0 aliphatic heterocycles. The van der Waals surface area contributed by atoms with E-state index in [1.165, 1.54) is 5.56 Å². The maximum Gasteiger partial charge on any atom is 0.178 e. The Morgan fingerprint density at radius 3 is 2.72 bits per heavy atom. The van der Waals surface area contributed by atoms with Crippen LogP contribution in [0.4, 0.5) is 0 Å². The zero-order valence-corrected chi connectivity index (χ0v) is 12.0. The van der Waals surface area contributed by atoms with Gasteiger partial charge in [0, 0.05) is 16.0 Å². The van der Waals surface area contributed by atoms with Gasteiger partial charge >= 0.3 is 0 Å². The number of furan rings is 1. The zero-order chi connectivity index (χ0) is 12.7. The summed E-state index contributed by atoms with van der Waals surface area (Å²) in [5, 5.41) is 1.74. The van der Waals surface area contributed by atoms with Crippen LogP contribution in [0.1, 0.15) is 5.56 Å². The number of halogens is 2. The highest BCUT2D eigenvalue weighted by Gasteiger charge is 2.14. The van der Waals surface area contributed by atoms with Crippen LogP contribution in [-0.2, 0) is 0 Å². The first-order chi connectivity index (χ1) is 8.65. The second-order valence-corrected chi connectivity index (χ2v) is 5.42. The van der Waals surface area contributed by atoms with Crippen molar-refractivity contribution in [1.82, 2.24) is 0 Å². The molecule has 0 spiro atoms.